The molecule has 2 bridgehead atoms. The molecule has 4 aliphatic heterocycles. The van der Waals surface area contributed by atoms with Gasteiger partial charge in [-0.15, -0.1) is 0 Å². The van der Waals surface area contributed by atoms with E-state index in [1.807, 2.05) is 67.5 Å². The van der Waals surface area contributed by atoms with Gasteiger partial charge in [-0.2, -0.15) is 0 Å². The summed E-state index contributed by atoms with van der Waals surface area (Å²) in [5.41, 5.74) is -1.75. The van der Waals surface area contributed by atoms with Crippen molar-refractivity contribution in [3.63, 3.8) is 0 Å². The van der Waals surface area contributed by atoms with Gasteiger partial charge in [-0.25, -0.2) is 4.79 Å². The van der Waals surface area contributed by atoms with Crippen molar-refractivity contribution in [3.05, 3.63) is 46.3 Å². The van der Waals surface area contributed by atoms with Gasteiger partial charge in [0, 0.05) is 80.3 Å². The Morgan fingerprint density at radius 1 is 0.711 bits per heavy atom. The quantitative estimate of drug-likeness (QED) is 0.0863. The molecule has 17 nitrogen and oxygen atoms in total. The lowest BCUT2D eigenvalue weighted by Crippen LogP contribution is -2.56. The number of aliphatic hydroxyl groups is 6. The first-order valence-electron chi connectivity index (χ1n) is 28.3. The van der Waals surface area contributed by atoms with Gasteiger partial charge < -0.3 is 68.5 Å². The van der Waals surface area contributed by atoms with Crippen molar-refractivity contribution < 1.29 is 82.9 Å². The van der Waals surface area contributed by atoms with Crippen LogP contribution in [0, 0.1) is 58.2 Å². The zero-order valence-electron chi connectivity index (χ0n) is 47.2. The van der Waals surface area contributed by atoms with Crippen LogP contribution in [0.15, 0.2) is 46.3 Å². The standard InChI is InChI=1S/C59H90O17/c1-27-15-14-16-57(11)24-31(5)32(6)25-59(57)55(67)47(56(68)76-59)54(66)58(12)48(29(3)19-38-40(62)20-39(61)33(7)49(38)58)28(2)17-37(26-60)18-30(4)51(27)73-45-22-42(64)52(35(9)71-45)74-46-23-43(69-13)53(36(10)72-46)75-44-21-41(63)50(65)34(8)70-44/h17,19,24,27,30,32-38,40-46,48-53,60,62-66H,14-16,18,20-23,25-26H2,1-13H3/t27-,30-,32-,33+,34-,35-,36-,37+,38-,40+,41+,42+,43-,44+,45+,46-,48+,49-,50-,51-,52-,53-,57-,58+,59-/m1/s1. The van der Waals surface area contributed by atoms with Crippen LogP contribution in [0.1, 0.15) is 141 Å². The summed E-state index contributed by atoms with van der Waals surface area (Å²) in [5, 5.41) is 68.1. The van der Waals surface area contributed by atoms with Crippen molar-refractivity contribution in [1.29, 1.82) is 0 Å². The molecule has 4 heterocycles. The van der Waals surface area contributed by atoms with E-state index in [9.17, 15) is 40.2 Å². The number of hydrogen-bond acceptors (Lipinski definition) is 17. The predicted octanol–water partition coefficient (Wildman–Crippen LogP) is 6.50. The van der Waals surface area contributed by atoms with Gasteiger partial charge in [-0.1, -0.05) is 82.9 Å². The highest BCUT2D eigenvalue weighted by molar-refractivity contribution is 6.26. The summed E-state index contributed by atoms with van der Waals surface area (Å²) in [5.74, 6) is -5.33. The summed E-state index contributed by atoms with van der Waals surface area (Å²) < 4.78 is 50.8. The Kier molecular flexibility index (Phi) is 17.9. The molecule has 0 unspecified atom stereocenters. The lowest BCUT2D eigenvalue weighted by molar-refractivity contribution is -0.338. The summed E-state index contributed by atoms with van der Waals surface area (Å²) >= 11 is 0. The molecule has 5 fully saturated rings. The molecule has 8 rings (SSSR count). The van der Waals surface area contributed by atoms with Crippen LogP contribution in [0.4, 0.5) is 0 Å². The number of ketones is 2. The zero-order valence-corrected chi connectivity index (χ0v) is 47.2. The van der Waals surface area contributed by atoms with Crippen molar-refractivity contribution in [2.24, 2.45) is 58.2 Å². The molecule has 0 amide bonds. The number of carbonyl (C=O) groups excluding carboxylic acids is 3. The van der Waals surface area contributed by atoms with Crippen LogP contribution in [0.3, 0.4) is 0 Å². The number of fused-ring (bicyclic) bond motifs is 4. The minimum Gasteiger partial charge on any atom is -0.511 e. The molecule has 25 atom stereocenters. The van der Waals surface area contributed by atoms with E-state index in [1.54, 1.807) is 21.0 Å². The molecule has 6 N–H and O–H groups in total. The summed E-state index contributed by atoms with van der Waals surface area (Å²) in [6.07, 6.45) is -1.55. The Morgan fingerprint density at radius 3 is 1.93 bits per heavy atom. The molecule has 1 spiro atoms. The second-order valence-electron chi connectivity index (χ2n) is 25.1. The van der Waals surface area contributed by atoms with Gasteiger partial charge in [-0.3, -0.25) is 9.59 Å². The monoisotopic (exact) mass is 1070 g/mol. The molecule has 428 valence electrons. The fourth-order valence-electron chi connectivity index (χ4n) is 15.5. The number of ether oxygens (including phenoxy) is 8. The number of esters is 1. The van der Waals surface area contributed by atoms with E-state index < -0.39 is 155 Å². The Morgan fingerprint density at radius 2 is 1.30 bits per heavy atom. The van der Waals surface area contributed by atoms with Crippen LogP contribution in [0.5, 0.6) is 0 Å². The maximum atomic E-state index is 15.5. The van der Waals surface area contributed by atoms with Crippen LogP contribution in [-0.2, 0) is 52.3 Å². The molecular weight excluding hydrogens is 981 g/mol. The van der Waals surface area contributed by atoms with Crippen molar-refractivity contribution >= 4 is 17.5 Å². The lowest BCUT2D eigenvalue weighted by Gasteiger charge is -2.55. The van der Waals surface area contributed by atoms with Crippen LogP contribution in [0.2, 0.25) is 0 Å². The van der Waals surface area contributed by atoms with Gasteiger partial charge in [0.1, 0.15) is 35.4 Å². The minimum atomic E-state index is -1.61. The first kappa shape index (κ1) is 59.2. The molecule has 17 heteroatoms. The summed E-state index contributed by atoms with van der Waals surface area (Å²) in [6.45, 7) is 22.8. The van der Waals surface area contributed by atoms with Gasteiger partial charge in [-0.05, 0) is 84.5 Å². The Balaban J connectivity index is 1.07. The van der Waals surface area contributed by atoms with E-state index in [0.29, 0.717) is 25.7 Å². The van der Waals surface area contributed by atoms with Gasteiger partial charge in [0.2, 0.25) is 5.78 Å². The molecule has 4 aliphatic carbocycles. The number of aliphatic hydroxyl groups excluding tert-OH is 6. The van der Waals surface area contributed by atoms with E-state index in [2.05, 4.69) is 19.9 Å². The van der Waals surface area contributed by atoms with Crippen LogP contribution in [-0.4, -0.2) is 154 Å². The SMILES string of the molecule is CO[C@@H]1C[C@@H](O[C@H]2[C@@H](O)C[C@H](O[C@@H]3[C@H](C)CCC[C@]4(C)C=C(C)[C@H](C)C[C@]45OC(=O)C(=C(O)[C@@]4(C)[C@@H](C(C)=C[C@H](CO)C[C@H]3C)C(C)=C[C@H]3[C@H]4[C@@H](C)C(=O)C[C@@H]3O)C5=O)O[C@@H]2C)O[C@H](C)[C@H]1O[C@H]1C[C@H](O)[C@H](O)[C@@H](C)O1. The highest BCUT2D eigenvalue weighted by Gasteiger charge is 2.67. The first-order chi connectivity index (χ1) is 35.7. The number of rotatable bonds is 8. The molecular formula is C59H90O17. The zero-order chi connectivity index (χ0) is 55.7. The largest absolute Gasteiger partial charge is 0.511 e. The van der Waals surface area contributed by atoms with Crippen molar-refractivity contribution in [2.75, 3.05) is 13.7 Å². The summed E-state index contributed by atoms with van der Waals surface area (Å²) in [6, 6.07) is 0. The summed E-state index contributed by atoms with van der Waals surface area (Å²) in [4.78, 5) is 43.8. The van der Waals surface area contributed by atoms with Gasteiger partial charge in [0.05, 0.1) is 48.8 Å². The maximum Gasteiger partial charge on any atom is 0.346 e. The Labute approximate surface area is 449 Å². The average molecular weight is 1070 g/mol. The summed E-state index contributed by atoms with van der Waals surface area (Å²) in [7, 11) is 1.57. The molecule has 4 saturated heterocycles. The molecule has 0 aromatic rings. The third-order valence-corrected chi connectivity index (χ3v) is 19.7. The normalized spacial score (nSPS) is 48.9. The van der Waals surface area contributed by atoms with Crippen molar-refractivity contribution in [2.45, 2.75) is 232 Å². The van der Waals surface area contributed by atoms with Crippen LogP contribution >= 0.6 is 0 Å². The second kappa shape index (κ2) is 22.9. The molecule has 76 heavy (non-hydrogen) atoms. The highest BCUT2D eigenvalue weighted by atomic mass is 16.7. The topological polar surface area (TPSA) is 246 Å². The van der Waals surface area contributed by atoms with Crippen molar-refractivity contribution in [1.82, 2.24) is 0 Å². The first-order valence-corrected chi connectivity index (χ1v) is 28.3. The average Bonchev–Trinajstić information content (AvgIpc) is 3.66. The van der Waals surface area contributed by atoms with Gasteiger partial charge in [0.25, 0.3) is 0 Å². The van der Waals surface area contributed by atoms with E-state index in [1.165, 1.54) is 0 Å². The third kappa shape index (κ3) is 10.8. The number of Topliss-reactive ketones (excluding diaryl/α,β-unsaturated/α-hetero) is 2. The van der Waals surface area contributed by atoms with Gasteiger partial charge in [0.15, 0.2) is 24.5 Å². The van der Waals surface area contributed by atoms with Crippen LogP contribution < -0.4 is 0 Å². The number of carbonyl (C=O) groups is 3. The third-order valence-electron chi connectivity index (χ3n) is 19.7. The molecule has 1 saturated carbocycles. The molecule has 0 aromatic heterocycles. The minimum absolute atomic E-state index is 0.0467. The van der Waals surface area contributed by atoms with E-state index in [-0.39, 0.29) is 62.2 Å². The molecule has 8 aliphatic rings. The Hall–Kier alpha value is -2.91. The number of allylic oxidation sites excluding steroid dienone is 4. The molecule has 0 aromatic carbocycles. The second-order valence-corrected chi connectivity index (χ2v) is 25.1. The molecule has 0 radical (unpaired) electrons. The van der Waals surface area contributed by atoms with Gasteiger partial charge >= 0.3 is 5.97 Å². The number of methoxy groups -OCH3 is 1. The maximum absolute atomic E-state index is 15.5. The van der Waals surface area contributed by atoms with Crippen molar-refractivity contribution in [3.8, 4) is 0 Å². The lowest BCUT2D eigenvalue weighted by atomic mass is 9.48. The van der Waals surface area contributed by atoms with E-state index >= 15 is 4.79 Å². The highest BCUT2D eigenvalue weighted by Crippen LogP contribution is 2.62. The fourth-order valence-corrected chi connectivity index (χ4v) is 15.5. The van der Waals surface area contributed by atoms with Crippen LogP contribution in [0.25, 0.3) is 0 Å². The van der Waals surface area contributed by atoms with E-state index in [0.717, 1.165) is 16.7 Å². The smallest absolute Gasteiger partial charge is 0.346 e. The Bertz CT molecular complexity index is 2250. The predicted molar refractivity (Wildman–Crippen MR) is 278 cm³/mol. The number of hydrogen-bond donors (Lipinski definition) is 6. The fraction of sp³-hybridized carbons (Fsp3) is 0.814. The van der Waals surface area contributed by atoms with E-state index in [4.69, 9.17) is 37.9 Å².